The van der Waals surface area contributed by atoms with Crippen LogP contribution in [-0.2, 0) is 13.1 Å². The van der Waals surface area contributed by atoms with E-state index in [9.17, 15) is 4.39 Å². The summed E-state index contributed by atoms with van der Waals surface area (Å²) < 4.78 is 15.1. The van der Waals surface area contributed by atoms with Crippen molar-refractivity contribution in [1.29, 1.82) is 5.26 Å². The molecular formula is C18H20FN5. The molecule has 2 aliphatic rings. The quantitative estimate of drug-likeness (QED) is 0.850. The fourth-order valence-electron chi connectivity index (χ4n) is 3.78. The van der Waals surface area contributed by atoms with Crippen molar-refractivity contribution in [1.82, 2.24) is 14.7 Å². The van der Waals surface area contributed by atoms with Gasteiger partial charge in [-0.3, -0.25) is 9.58 Å². The predicted octanol–water partition coefficient (Wildman–Crippen LogP) is 2.38. The van der Waals surface area contributed by atoms with Gasteiger partial charge in [0.1, 0.15) is 11.9 Å². The number of halogens is 1. The van der Waals surface area contributed by atoms with E-state index in [0.29, 0.717) is 11.7 Å². The zero-order valence-corrected chi connectivity index (χ0v) is 13.5. The Morgan fingerprint density at radius 3 is 2.79 bits per heavy atom. The van der Waals surface area contributed by atoms with Crippen molar-refractivity contribution >= 4 is 5.69 Å². The Balaban J connectivity index is 1.46. The van der Waals surface area contributed by atoms with Crippen LogP contribution in [0.1, 0.15) is 24.2 Å². The molecule has 124 valence electrons. The average Bonchev–Trinajstić information content (AvgIpc) is 3.18. The molecule has 5 nitrogen and oxygen atoms in total. The molecule has 4 rings (SSSR count). The molecule has 1 aromatic heterocycles. The van der Waals surface area contributed by atoms with Crippen molar-refractivity contribution in [2.24, 2.45) is 0 Å². The van der Waals surface area contributed by atoms with Gasteiger partial charge in [0, 0.05) is 44.5 Å². The Hall–Kier alpha value is -2.39. The number of fused-ring (bicyclic) bond motifs is 1. The van der Waals surface area contributed by atoms with Crippen molar-refractivity contribution in [3.8, 4) is 6.07 Å². The molecule has 1 aromatic carbocycles. The molecule has 1 saturated heterocycles. The maximum absolute atomic E-state index is 13.1. The molecule has 6 heteroatoms. The SMILES string of the molecule is N#Cc1cc2n(n1)CCCN([C@H]1CCN(c3ccc(F)cc3)C1)C2. The monoisotopic (exact) mass is 325 g/mol. The molecule has 2 aromatic rings. The minimum absolute atomic E-state index is 0.191. The number of aryl methyl sites for hydroxylation is 1. The molecule has 0 N–H and O–H groups in total. The predicted molar refractivity (Wildman–Crippen MR) is 89.0 cm³/mol. The molecular weight excluding hydrogens is 305 g/mol. The molecule has 0 saturated carbocycles. The molecule has 0 unspecified atom stereocenters. The Morgan fingerprint density at radius 2 is 2.00 bits per heavy atom. The van der Waals surface area contributed by atoms with Crippen molar-refractivity contribution in [2.75, 3.05) is 24.5 Å². The van der Waals surface area contributed by atoms with Gasteiger partial charge in [-0.15, -0.1) is 0 Å². The maximum atomic E-state index is 13.1. The highest BCUT2D eigenvalue weighted by atomic mass is 19.1. The van der Waals surface area contributed by atoms with E-state index in [1.165, 1.54) is 12.1 Å². The van der Waals surface area contributed by atoms with E-state index in [1.807, 2.05) is 22.9 Å². The number of anilines is 1. The van der Waals surface area contributed by atoms with E-state index in [2.05, 4.69) is 21.0 Å². The van der Waals surface area contributed by atoms with E-state index in [-0.39, 0.29) is 5.82 Å². The zero-order valence-electron chi connectivity index (χ0n) is 13.5. The van der Waals surface area contributed by atoms with Gasteiger partial charge in [0.15, 0.2) is 5.69 Å². The van der Waals surface area contributed by atoms with Crippen LogP contribution < -0.4 is 4.90 Å². The molecule has 3 heterocycles. The lowest BCUT2D eigenvalue weighted by molar-refractivity contribution is 0.204. The standard InChI is InChI=1S/C18H20FN5/c19-14-2-4-16(5-3-14)23-9-6-17(12-23)22-7-1-8-24-18(13-22)10-15(11-20)21-24/h2-5,10,17H,1,6-9,12-13H2/t17-/m0/s1. The molecule has 0 bridgehead atoms. The first-order valence-electron chi connectivity index (χ1n) is 8.44. The normalized spacial score (nSPS) is 21.3. The number of rotatable bonds is 2. The third kappa shape index (κ3) is 2.87. The fourth-order valence-corrected chi connectivity index (χ4v) is 3.78. The Kier molecular flexibility index (Phi) is 3.95. The number of nitrogens with zero attached hydrogens (tertiary/aromatic N) is 5. The lowest BCUT2D eigenvalue weighted by Gasteiger charge is -2.27. The number of benzene rings is 1. The van der Waals surface area contributed by atoms with Crippen LogP contribution in [-0.4, -0.2) is 40.4 Å². The first-order chi connectivity index (χ1) is 11.7. The molecule has 0 spiro atoms. The summed E-state index contributed by atoms with van der Waals surface area (Å²) in [4.78, 5) is 4.83. The third-order valence-electron chi connectivity index (χ3n) is 5.03. The van der Waals surface area contributed by atoms with Crippen LogP contribution in [0.4, 0.5) is 10.1 Å². The number of hydrogen-bond acceptors (Lipinski definition) is 4. The minimum Gasteiger partial charge on any atom is -0.370 e. The van der Waals surface area contributed by atoms with Gasteiger partial charge < -0.3 is 4.90 Å². The van der Waals surface area contributed by atoms with Crippen LogP contribution in [0.5, 0.6) is 0 Å². The van der Waals surface area contributed by atoms with Crippen LogP contribution in [0.2, 0.25) is 0 Å². The van der Waals surface area contributed by atoms with Crippen LogP contribution in [0.25, 0.3) is 0 Å². The summed E-state index contributed by atoms with van der Waals surface area (Å²) >= 11 is 0. The summed E-state index contributed by atoms with van der Waals surface area (Å²) in [5, 5.41) is 13.4. The van der Waals surface area contributed by atoms with Crippen molar-refractivity contribution in [3.63, 3.8) is 0 Å². The zero-order chi connectivity index (χ0) is 16.5. The topological polar surface area (TPSA) is 48.1 Å². The first kappa shape index (κ1) is 15.2. The summed E-state index contributed by atoms with van der Waals surface area (Å²) in [6.45, 7) is 4.73. The third-order valence-corrected chi connectivity index (χ3v) is 5.03. The molecule has 0 radical (unpaired) electrons. The highest BCUT2D eigenvalue weighted by Gasteiger charge is 2.29. The smallest absolute Gasteiger partial charge is 0.162 e. The van der Waals surface area contributed by atoms with Gasteiger partial charge in [0.2, 0.25) is 0 Å². The Labute approximate surface area is 140 Å². The fraction of sp³-hybridized carbons (Fsp3) is 0.444. The summed E-state index contributed by atoms with van der Waals surface area (Å²) in [5.74, 6) is -0.191. The number of nitriles is 1. The second-order valence-electron chi connectivity index (χ2n) is 6.54. The van der Waals surface area contributed by atoms with Crippen molar-refractivity contribution in [3.05, 3.63) is 47.5 Å². The van der Waals surface area contributed by atoms with E-state index >= 15 is 0 Å². The molecule has 1 atom stereocenters. The van der Waals surface area contributed by atoms with Gasteiger partial charge in [0.05, 0.1) is 5.69 Å². The second kappa shape index (κ2) is 6.25. The molecule has 24 heavy (non-hydrogen) atoms. The molecule has 0 amide bonds. The first-order valence-corrected chi connectivity index (χ1v) is 8.44. The molecule has 2 aliphatic heterocycles. The average molecular weight is 325 g/mol. The largest absolute Gasteiger partial charge is 0.370 e. The van der Waals surface area contributed by atoms with E-state index in [1.54, 1.807) is 0 Å². The van der Waals surface area contributed by atoms with E-state index in [4.69, 9.17) is 5.26 Å². The Morgan fingerprint density at radius 1 is 1.17 bits per heavy atom. The summed E-state index contributed by atoms with van der Waals surface area (Å²) in [5.41, 5.74) is 2.72. The van der Waals surface area contributed by atoms with Gasteiger partial charge in [-0.25, -0.2) is 4.39 Å². The van der Waals surface area contributed by atoms with Crippen LogP contribution >= 0.6 is 0 Å². The maximum Gasteiger partial charge on any atom is 0.162 e. The van der Waals surface area contributed by atoms with Crippen LogP contribution in [0, 0.1) is 17.1 Å². The van der Waals surface area contributed by atoms with E-state index in [0.717, 1.165) is 56.9 Å². The Bertz CT molecular complexity index is 761. The number of aromatic nitrogens is 2. The van der Waals surface area contributed by atoms with Crippen molar-refractivity contribution < 1.29 is 4.39 Å². The highest BCUT2D eigenvalue weighted by Crippen LogP contribution is 2.25. The van der Waals surface area contributed by atoms with E-state index < -0.39 is 0 Å². The molecule has 0 aliphatic carbocycles. The molecule has 1 fully saturated rings. The highest BCUT2D eigenvalue weighted by molar-refractivity contribution is 5.47. The van der Waals surface area contributed by atoms with Crippen LogP contribution in [0.15, 0.2) is 30.3 Å². The minimum atomic E-state index is -0.191. The summed E-state index contributed by atoms with van der Waals surface area (Å²) in [6, 6.07) is 11.3. The van der Waals surface area contributed by atoms with Gasteiger partial charge in [0.25, 0.3) is 0 Å². The van der Waals surface area contributed by atoms with Gasteiger partial charge in [-0.05, 0) is 43.2 Å². The summed E-state index contributed by atoms with van der Waals surface area (Å²) in [7, 11) is 0. The van der Waals surface area contributed by atoms with Crippen molar-refractivity contribution in [2.45, 2.75) is 32.0 Å². The van der Waals surface area contributed by atoms with Gasteiger partial charge >= 0.3 is 0 Å². The van der Waals surface area contributed by atoms with Gasteiger partial charge in [-0.1, -0.05) is 0 Å². The lowest BCUT2D eigenvalue weighted by Crippen LogP contribution is -2.37. The van der Waals surface area contributed by atoms with Gasteiger partial charge in [-0.2, -0.15) is 10.4 Å². The lowest BCUT2D eigenvalue weighted by atomic mass is 10.2. The number of hydrogen-bond donors (Lipinski definition) is 0. The van der Waals surface area contributed by atoms with Crippen LogP contribution in [0.3, 0.4) is 0 Å². The summed E-state index contributed by atoms with van der Waals surface area (Å²) in [6.07, 6.45) is 2.16. The second-order valence-corrected chi connectivity index (χ2v) is 6.54.